The molecule has 0 aromatic heterocycles. The van der Waals surface area contributed by atoms with Crippen LogP contribution >= 0.6 is 23.8 Å². The van der Waals surface area contributed by atoms with Gasteiger partial charge in [0.2, 0.25) is 0 Å². The van der Waals surface area contributed by atoms with Crippen molar-refractivity contribution in [2.45, 2.75) is 6.92 Å². The Labute approximate surface area is 92.9 Å². The molecule has 0 aliphatic rings. The summed E-state index contributed by atoms with van der Waals surface area (Å²) < 4.78 is 0. The van der Waals surface area contributed by atoms with Gasteiger partial charge in [0.1, 0.15) is 0 Å². The smallest absolute Gasteiger partial charge is 0.184 e. The second-order valence-electron chi connectivity index (χ2n) is 2.74. The fourth-order valence-electron chi connectivity index (χ4n) is 0.949. The van der Waals surface area contributed by atoms with Crippen LogP contribution in [-0.2, 0) is 0 Å². The highest BCUT2D eigenvalue weighted by Crippen LogP contribution is 2.13. The summed E-state index contributed by atoms with van der Waals surface area (Å²) in [5.74, 6) is 0. The summed E-state index contributed by atoms with van der Waals surface area (Å²) in [5, 5.41) is 4.70. The molecule has 0 unspecified atom stereocenters. The predicted molar refractivity (Wildman–Crippen MR) is 63.7 cm³/mol. The fourth-order valence-corrected chi connectivity index (χ4v) is 1.23. The number of hydrogen-bond donors (Lipinski definition) is 2. The zero-order valence-corrected chi connectivity index (χ0v) is 9.19. The fraction of sp³-hybridized carbons (Fsp3) is 0.111. The van der Waals surface area contributed by atoms with Crippen LogP contribution in [0.4, 0.5) is 0 Å². The van der Waals surface area contributed by atoms with Gasteiger partial charge in [0.25, 0.3) is 0 Å². The molecule has 3 N–H and O–H groups in total. The van der Waals surface area contributed by atoms with Gasteiger partial charge in [0.05, 0.1) is 6.21 Å². The topological polar surface area (TPSA) is 50.4 Å². The Morgan fingerprint density at radius 2 is 2.36 bits per heavy atom. The Morgan fingerprint density at radius 3 is 2.93 bits per heavy atom. The number of nitrogens with one attached hydrogen (secondary N) is 1. The van der Waals surface area contributed by atoms with Crippen molar-refractivity contribution in [1.29, 1.82) is 0 Å². The van der Waals surface area contributed by atoms with Crippen molar-refractivity contribution >= 4 is 35.1 Å². The number of aryl methyl sites for hydroxylation is 1. The Hall–Kier alpha value is -1.13. The monoisotopic (exact) mass is 227 g/mol. The number of benzene rings is 1. The minimum atomic E-state index is 0.146. The van der Waals surface area contributed by atoms with Gasteiger partial charge >= 0.3 is 0 Å². The highest BCUT2D eigenvalue weighted by atomic mass is 35.5. The van der Waals surface area contributed by atoms with E-state index >= 15 is 0 Å². The third kappa shape index (κ3) is 3.32. The van der Waals surface area contributed by atoms with E-state index in [1.807, 2.05) is 19.1 Å². The second-order valence-corrected chi connectivity index (χ2v) is 3.61. The number of hydrazone groups is 1. The quantitative estimate of drug-likeness (QED) is 0.460. The lowest BCUT2D eigenvalue weighted by molar-refractivity contribution is 1.04. The molecule has 0 aliphatic carbocycles. The second kappa shape index (κ2) is 4.93. The van der Waals surface area contributed by atoms with Crippen LogP contribution in [0.5, 0.6) is 0 Å². The van der Waals surface area contributed by atoms with Gasteiger partial charge in [-0.25, -0.2) is 0 Å². The third-order valence-corrected chi connectivity index (χ3v) is 1.94. The van der Waals surface area contributed by atoms with Gasteiger partial charge in [0.15, 0.2) is 5.11 Å². The Morgan fingerprint density at radius 1 is 1.64 bits per heavy atom. The van der Waals surface area contributed by atoms with E-state index in [0.717, 1.165) is 11.1 Å². The molecule has 0 atom stereocenters. The van der Waals surface area contributed by atoms with E-state index in [4.69, 9.17) is 17.3 Å². The molecule has 0 heterocycles. The first kappa shape index (κ1) is 10.9. The zero-order chi connectivity index (χ0) is 10.6. The Balaban J connectivity index is 2.76. The van der Waals surface area contributed by atoms with Crippen molar-refractivity contribution in [2.75, 3.05) is 0 Å². The van der Waals surface area contributed by atoms with Crippen LogP contribution in [0, 0.1) is 6.92 Å². The van der Waals surface area contributed by atoms with Crippen LogP contribution in [0.3, 0.4) is 0 Å². The molecule has 1 rings (SSSR count). The van der Waals surface area contributed by atoms with E-state index in [2.05, 4.69) is 22.7 Å². The van der Waals surface area contributed by atoms with Gasteiger partial charge in [-0.05, 0) is 42.4 Å². The van der Waals surface area contributed by atoms with Crippen LogP contribution in [-0.4, -0.2) is 11.3 Å². The van der Waals surface area contributed by atoms with Gasteiger partial charge < -0.3 is 5.73 Å². The predicted octanol–water partition coefficient (Wildman–Crippen LogP) is 1.82. The number of nitrogens with zero attached hydrogens (tertiary/aromatic N) is 1. The van der Waals surface area contributed by atoms with E-state index in [9.17, 15) is 0 Å². The highest BCUT2D eigenvalue weighted by Gasteiger charge is 1.95. The Bertz CT molecular complexity index is 376. The van der Waals surface area contributed by atoms with E-state index in [0.29, 0.717) is 5.02 Å². The maximum atomic E-state index is 5.80. The normalized spacial score (nSPS) is 10.4. The summed E-state index contributed by atoms with van der Waals surface area (Å²) in [6.45, 7) is 1.95. The van der Waals surface area contributed by atoms with Crippen molar-refractivity contribution in [1.82, 2.24) is 5.43 Å². The van der Waals surface area contributed by atoms with E-state index in [-0.39, 0.29) is 5.11 Å². The van der Waals surface area contributed by atoms with Gasteiger partial charge in [-0.1, -0.05) is 17.7 Å². The summed E-state index contributed by atoms with van der Waals surface area (Å²) in [6.07, 6.45) is 1.64. The van der Waals surface area contributed by atoms with Crippen molar-refractivity contribution in [3.63, 3.8) is 0 Å². The molecular formula is C9H10ClN3S. The SMILES string of the molecule is Cc1cc(Cl)ccc1/C=N/NC(N)=S. The standard InChI is InChI=1S/C9H10ClN3S/c1-6-4-8(10)3-2-7(6)5-12-13-9(11)14/h2-5H,1H3,(H3,11,13,14)/b12-5+. The average Bonchev–Trinajstić information content (AvgIpc) is 2.08. The summed E-state index contributed by atoms with van der Waals surface area (Å²) in [4.78, 5) is 0. The average molecular weight is 228 g/mol. The molecule has 0 bridgehead atoms. The van der Waals surface area contributed by atoms with Gasteiger partial charge in [0, 0.05) is 5.02 Å². The largest absolute Gasteiger partial charge is 0.375 e. The molecule has 0 aliphatic heterocycles. The van der Waals surface area contributed by atoms with Crippen molar-refractivity contribution in [2.24, 2.45) is 10.8 Å². The molecule has 1 aromatic carbocycles. The van der Waals surface area contributed by atoms with Gasteiger partial charge in [-0.3, -0.25) is 5.43 Å². The number of hydrogen-bond acceptors (Lipinski definition) is 2. The van der Waals surface area contributed by atoms with Crippen molar-refractivity contribution in [3.8, 4) is 0 Å². The maximum Gasteiger partial charge on any atom is 0.184 e. The molecule has 74 valence electrons. The molecule has 3 nitrogen and oxygen atoms in total. The van der Waals surface area contributed by atoms with Crippen molar-refractivity contribution < 1.29 is 0 Å². The minimum Gasteiger partial charge on any atom is -0.375 e. The first-order chi connectivity index (χ1) is 6.59. The van der Waals surface area contributed by atoms with Crippen molar-refractivity contribution in [3.05, 3.63) is 34.3 Å². The maximum absolute atomic E-state index is 5.80. The lowest BCUT2D eigenvalue weighted by Gasteiger charge is -2.00. The molecular weight excluding hydrogens is 218 g/mol. The molecule has 0 radical (unpaired) electrons. The first-order valence-electron chi connectivity index (χ1n) is 3.94. The first-order valence-corrected chi connectivity index (χ1v) is 4.73. The molecule has 14 heavy (non-hydrogen) atoms. The van der Waals surface area contributed by atoms with Crippen LogP contribution in [0.2, 0.25) is 5.02 Å². The number of nitrogens with two attached hydrogens (primary N) is 1. The van der Waals surface area contributed by atoms with E-state index < -0.39 is 0 Å². The van der Waals surface area contributed by atoms with Crippen LogP contribution in [0.25, 0.3) is 0 Å². The van der Waals surface area contributed by atoms with E-state index in [1.165, 1.54) is 0 Å². The zero-order valence-electron chi connectivity index (χ0n) is 7.62. The highest BCUT2D eigenvalue weighted by molar-refractivity contribution is 7.80. The van der Waals surface area contributed by atoms with Crippen LogP contribution in [0.15, 0.2) is 23.3 Å². The summed E-state index contributed by atoms with van der Waals surface area (Å²) in [7, 11) is 0. The summed E-state index contributed by atoms with van der Waals surface area (Å²) in [5.41, 5.74) is 9.70. The molecule has 0 spiro atoms. The Kier molecular flexibility index (Phi) is 3.85. The number of halogens is 1. The molecule has 0 fully saturated rings. The lowest BCUT2D eigenvalue weighted by Crippen LogP contribution is -2.24. The molecule has 5 heteroatoms. The number of rotatable bonds is 2. The molecule has 1 aromatic rings. The van der Waals surface area contributed by atoms with Crippen LogP contribution < -0.4 is 11.2 Å². The molecule has 0 saturated heterocycles. The van der Waals surface area contributed by atoms with Crippen LogP contribution in [0.1, 0.15) is 11.1 Å². The minimum absolute atomic E-state index is 0.146. The van der Waals surface area contributed by atoms with Gasteiger partial charge in [-0.2, -0.15) is 5.10 Å². The summed E-state index contributed by atoms with van der Waals surface area (Å²) >= 11 is 10.4. The van der Waals surface area contributed by atoms with Gasteiger partial charge in [-0.15, -0.1) is 0 Å². The summed E-state index contributed by atoms with van der Waals surface area (Å²) in [6, 6.07) is 5.54. The molecule has 0 saturated carbocycles. The number of thiocarbonyl (C=S) groups is 1. The molecule has 0 amide bonds. The van der Waals surface area contributed by atoms with E-state index in [1.54, 1.807) is 12.3 Å². The third-order valence-electron chi connectivity index (χ3n) is 1.61. The lowest BCUT2D eigenvalue weighted by atomic mass is 10.1.